The van der Waals surface area contributed by atoms with Gasteiger partial charge in [-0.25, -0.2) is 0 Å². The Morgan fingerprint density at radius 3 is 2.45 bits per heavy atom. The summed E-state index contributed by atoms with van der Waals surface area (Å²) in [5.74, 6) is 1.81. The third-order valence-electron chi connectivity index (χ3n) is 6.12. The number of likely N-dealkylation sites (tertiary alicyclic amines) is 1. The summed E-state index contributed by atoms with van der Waals surface area (Å²) in [5.41, 5.74) is 0.622. The van der Waals surface area contributed by atoms with Crippen LogP contribution in [0.1, 0.15) is 66.2 Å². The van der Waals surface area contributed by atoms with Crippen LogP contribution in [0, 0.1) is 17.3 Å². The minimum Gasteiger partial charge on any atom is -0.314 e. The summed E-state index contributed by atoms with van der Waals surface area (Å²) in [5, 5.41) is 3.75. The quantitative estimate of drug-likeness (QED) is 0.821. The predicted octanol–water partition coefficient (Wildman–Crippen LogP) is 3.91. The van der Waals surface area contributed by atoms with Crippen molar-refractivity contribution in [3.05, 3.63) is 0 Å². The van der Waals surface area contributed by atoms with E-state index in [9.17, 15) is 0 Å². The lowest BCUT2D eigenvalue weighted by atomic mass is 9.76. The average Bonchev–Trinajstić information content (AvgIpc) is 2.45. The zero-order valence-electron chi connectivity index (χ0n) is 14.3. The topological polar surface area (TPSA) is 15.3 Å². The summed E-state index contributed by atoms with van der Waals surface area (Å²) in [4.78, 5) is 2.75. The molecule has 2 rings (SSSR count). The maximum Gasteiger partial charge on any atom is 0.0108 e. The van der Waals surface area contributed by atoms with Crippen LogP contribution in [0.25, 0.3) is 0 Å². The number of hydrogen-bond donors (Lipinski definition) is 1. The summed E-state index contributed by atoms with van der Waals surface area (Å²) in [7, 11) is 0. The van der Waals surface area contributed by atoms with Crippen molar-refractivity contribution in [2.24, 2.45) is 17.3 Å². The van der Waals surface area contributed by atoms with Crippen LogP contribution >= 0.6 is 0 Å². The number of nitrogens with one attached hydrogen (secondary N) is 1. The summed E-state index contributed by atoms with van der Waals surface area (Å²) in [6, 6.07) is 0.774. The van der Waals surface area contributed by atoms with Crippen LogP contribution in [0.2, 0.25) is 0 Å². The molecule has 118 valence electrons. The molecule has 2 heteroatoms. The highest BCUT2D eigenvalue weighted by Gasteiger charge is 2.33. The Morgan fingerprint density at radius 1 is 1.15 bits per heavy atom. The van der Waals surface area contributed by atoms with Gasteiger partial charge in [-0.15, -0.1) is 0 Å². The lowest BCUT2D eigenvalue weighted by Gasteiger charge is -2.43. The van der Waals surface area contributed by atoms with Gasteiger partial charge in [0.1, 0.15) is 0 Å². The van der Waals surface area contributed by atoms with Crippen molar-refractivity contribution in [3.8, 4) is 0 Å². The maximum atomic E-state index is 3.75. The summed E-state index contributed by atoms with van der Waals surface area (Å²) in [6.07, 6.45) is 8.39. The van der Waals surface area contributed by atoms with Crippen molar-refractivity contribution in [2.45, 2.75) is 72.3 Å². The molecule has 1 N–H and O–H groups in total. The molecular formula is C18H36N2. The third kappa shape index (κ3) is 4.21. The fraction of sp³-hybridized carbons (Fsp3) is 1.00. The fourth-order valence-electron chi connectivity index (χ4n) is 4.19. The third-order valence-corrected chi connectivity index (χ3v) is 6.12. The van der Waals surface area contributed by atoms with Crippen LogP contribution in [0.3, 0.4) is 0 Å². The Balaban J connectivity index is 1.84. The molecule has 2 fully saturated rings. The van der Waals surface area contributed by atoms with Crippen LogP contribution in [0.5, 0.6) is 0 Å². The molecule has 0 aromatic heterocycles. The first-order valence-electron chi connectivity index (χ1n) is 9.02. The van der Waals surface area contributed by atoms with Crippen molar-refractivity contribution in [1.82, 2.24) is 10.2 Å². The van der Waals surface area contributed by atoms with Crippen LogP contribution in [-0.2, 0) is 0 Å². The van der Waals surface area contributed by atoms with E-state index in [0.717, 1.165) is 24.4 Å². The molecule has 1 aliphatic carbocycles. The first kappa shape index (κ1) is 16.3. The Kier molecular flexibility index (Phi) is 5.92. The van der Waals surface area contributed by atoms with Crippen LogP contribution in [0.15, 0.2) is 0 Å². The van der Waals surface area contributed by atoms with Gasteiger partial charge in [0.05, 0.1) is 0 Å². The molecule has 0 aromatic rings. The lowest BCUT2D eigenvalue weighted by molar-refractivity contribution is 0.0791. The zero-order valence-corrected chi connectivity index (χ0v) is 14.3. The second kappa shape index (κ2) is 7.26. The van der Waals surface area contributed by atoms with Gasteiger partial charge in [-0.1, -0.05) is 34.1 Å². The summed E-state index contributed by atoms with van der Waals surface area (Å²) < 4.78 is 0. The highest BCUT2D eigenvalue weighted by atomic mass is 15.1. The van der Waals surface area contributed by atoms with E-state index in [2.05, 4.69) is 37.9 Å². The van der Waals surface area contributed by atoms with E-state index in [-0.39, 0.29) is 0 Å². The normalized spacial score (nSPS) is 35.1. The Hall–Kier alpha value is -0.0800. The highest BCUT2D eigenvalue weighted by Crippen LogP contribution is 2.35. The van der Waals surface area contributed by atoms with E-state index in [0.29, 0.717) is 5.41 Å². The van der Waals surface area contributed by atoms with E-state index < -0.39 is 0 Å². The van der Waals surface area contributed by atoms with Crippen molar-refractivity contribution in [1.29, 1.82) is 0 Å². The molecule has 3 atom stereocenters. The van der Waals surface area contributed by atoms with E-state index in [1.807, 2.05) is 0 Å². The van der Waals surface area contributed by atoms with Crippen molar-refractivity contribution < 1.29 is 0 Å². The van der Waals surface area contributed by atoms with Gasteiger partial charge in [-0.3, -0.25) is 0 Å². The zero-order chi connectivity index (χ0) is 14.6. The van der Waals surface area contributed by atoms with Gasteiger partial charge in [0.15, 0.2) is 0 Å². The minimum atomic E-state index is 0.622. The number of piperidine rings is 1. The van der Waals surface area contributed by atoms with Crippen molar-refractivity contribution in [3.63, 3.8) is 0 Å². The summed E-state index contributed by atoms with van der Waals surface area (Å²) in [6.45, 7) is 14.7. The minimum absolute atomic E-state index is 0.622. The molecule has 0 aromatic carbocycles. The molecule has 0 bridgehead atoms. The predicted molar refractivity (Wildman–Crippen MR) is 88.0 cm³/mol. The molecule has 3 unspecified atom stereocenters. The van der Waals surface area contributed by atoms with Gasteiger partial charge >= 0.3 is 0 Å². The smallest absolute Gasteiger partial charge is 0.0108 e. The lowest BCUT2D eigenvalue weighted by Crippen LogP contribution is -2.48. The molecule has 1 heterocycles. The maximum absolute atomic E-state index is 3.75. The molecule has 2 aliphatic rings. The van der Waals surface area contributed by atoms with Crippen LogP contribution in [0.4, 0.5) is 0 Å². The van der Waals surface area contributed by atoms with Gasteiger partial charge in [-0.05, 0) is 69.0 Å². The fourth-order valence-corrected chi connectivity index (χ4v) is 4.19. The van der Waals surface area contributed by atoms with E-state index in [1.165, 1.54) is 58.2 Å². The second-order valence-electron chi connectivity index (χ2n) is 7.81. The second-order valence-corrected chi connectivity index (χ2v) is 7.81. The molecular weight excluding hydrogens is 244 g/mol. The van der Waals surface area contributed by atoms with Crippen LogP contribution in [-0.4, -0.2) is 37.1 Å². The molecule has 0 radical (unpaired) electrons. The number of hydrogen-bond acceptors (Lipinski definition) is 2. The van der Waals surface area contributed by atoms with Crippen molar-refractivity contribution >= 4 is 0 Å². The van der Waals surface area contributed by atoms with E-state index in [1.54, 1.807) is 0 Å². The Bertz CT molecular complexity index is 281. The number of nitrogens with zero attached hydrogens (tertiary/aromatic N) is 1. The molecule has 1 saturated carbocycles. The highest BCUT2D eigenvalue weighted by molar-refractivity contribution is 4.88. The molecule has 1 aliphatic heterocycles. The average molecular weight is 280 g/mol. The molecule has 2 nitrogen and oxygen atoms in total. The standard InChI is InChI=1S/C18H36N2/c1-5-18(4)9-11-20(12-10-18)14-16-13-15(3)7-8-17(16)19-6-2/h15-17,19H,5-14H2,1-4H3. The molecule has 0 spiro atoms. The monoisotopic (exact) mass is 280 g/mol. The first-order valence-corrected chi connectivity index (χ1v) is 9.02. The van der Waals surface area contributed by atoms with E-state index in [4.69, 9.17) is 0 Å². The molecule has 1 saturated heterocycles. The molecule has 20 heavy (non-hydrogen) atoms. The molecule has 0 amide bonds. The Morgan fingerprint density at radius 2 is 1.85 bits per heavy atom. The van der Waals surface area contributed by atoms with Gasteiger partial charge in [0.2, 0.25) is 0 Å². The van der Waals surface area contributed by atoms with Gasteiger partial charge < -0.3 is 10.2 Å². The first-order chi connectivity index (χ1) is 9.56. The largest absolute Gasteiger partial charge is 0.314 e. The van der Waals surface area contributed by atoms with Gasteiger partial charge in [-0.2, -0.15) is 0 Å². The SMILES string of the molecule is CCNC1CCC(C)CC1CN1CCC(C)(CC)CC1. The summed E-state index contributed by atoms with van der Waals surface area (Å²) >= 11 is 0. The van der Waals surface area contributed by atoms with Crippen molar-refractivity contribution in [2.75, 3.05) is 26.2 Å². The number of rotatable bonds is 5. The van der Waals surface area contributed by atoms with Gasteiger partial charge in [0.25, 0.3) is 0 Å². The Labute approximate surface area is 126 Å². The van der Waals surface area contributed by atoms with E-state index >= 15 is 0 Å². The van der Waals surface area contributed by atoms with Gasteiger partial charge in [0, 0.05) is 12.6 Å². The van der Waals surface area contributed by atoms with Crippen LogP contribution < -0.4 is 5.32 Å².